The van der Waals surface area contributed by atoms with Gasteiger partial charge in [-0.3, -0.25) is 0 Å². The molecule has 7 heteroatoms. The second-order valence-corrected chi connectivity index (χ2v) is 32.8. The van der Waals surface area contributed by atoms with E-state index in [9.17, 15) is 0 Å². The Balaban J connectivity index is 0.00000880. The molecule has 0 atom stereocenters. The summed E-state index contributed by atoms with van der Waals surface area (Å²) in [5.41, 5.74) is 26.9. The zero-order valence-corrected chi connectivity index (χ0v) is 64.3. The van der Waals surface area contributed by atoms with Crippen molar-refractivity contribution in [2.45, 2.75) is 171 Å². The molecular formula is C92H93N4OPtS-3. The normalized spacial score (nSPS) is 13.0. The van der Waals surface area contributed by atoms with Crippen LogP contribution < -0.4 is 14.5 Å². The molecular weight excluding hydrogens is 1400 g/mol. The number of anilines is 4. The number of thiophene rings is 1. The van der Waals surface area contributed by atoms with Gasteiger partial charge in [0.15, 0.2) is 0 Å². The molecule has 0 bridgehead atoms. The van der Waals surface area contributed by atoms with Crippen molar-refractivity contribution in [1.82, 2.24) is 9.55 Å². The van der Waals surface area contributed by atoms with E-state index in [0.717, 1.165) is 50.6 Å². The van der Waals surface area contributed by atoms with E-state index >= 15 is 0 Å². The van der Waals surface area contributed by atoms with E-state index in [-0.39, 0.29) is 49.1 Å². The van der Waals surface area contributed by atoms with Gasteiger partial charge in [0.2, 0.25) is 0 Å². The molecule has 13 aromatic rings. The molecule has 0 unspecified atom stereocenters. The van der Waals surface area contributed by atoms with Crippen LogP contribution >= 0.6 is 11.3 Å². The molecule has 0 amide bonds. The van der Waals surface area contributed by atoms with E-state index in [1.165, 1.54) is 115 Å². The van der Waals surface area contributed by atoms with E-state index in [1.54, 1.807) is 0 Å². The summed E-state index contributed by atoms with van der Waals surface area (Å²) >= 11 is 1.85. The van der Waals surface area contributed by atoms with Crippen LogP contribution in [0.4, 0.5) is 22.7 Å². The Morgan fingerprint density at radius 2 is 0.980 bits per heavy atom. The Morgan fingerprint density at radius 3 is 1.54 bits per heavy atom. The molecule has 1 aliphatic heterocycles. The fourth-order valence-corrected chi connectivity index (χ4v) is 16.4. The first-order chi connectivity index (χ1) is 46.6. The summed E-state index contributed by atoms with van der Waals surface area (Å²) in [5, 5.41) is 4.80. The minimum Gasteiger partial charge on any atom is -0.509 e. The Kier molecular flexibility index (Phi) is 18.2. The summed E-state index contributed by atoms with van der Waals surface area (Å²) in [4.78, 5) is 10.0. The van der Waals surface area contributed by atoms with Gasteiger partial charge < -0.3 is 19.1 Å². The number of rotatable bonds is 13. The molecule has 5 nitrogen and oxygen atoms in total. The van der Waals surface area contributed by atoms with E-state index < -0.39 is 0 Å². The van der Waals surface area contributed by atoms with Crippen molar-refractivity contribution in [2.75, 3.05) is 9.80 Å². The molecule has 0 aliphatic carbocycles. The number of ether oxygens (including phenoxy) is 1. The van der Waals surface area contributed by atoms with Gasteiger partial charge in [-0.2, -0.15) is 6.07 Å². The molecule has 1 aliphatic rings. The van der Waals surface area contributed by atoms with Crippen molar-refractivity contribution in [1.29, 1.82) is 0 Å². The van der Waals surface area contributed by atoms with Crippen molar-refractivity contribution in [3.8, 4) is 61.8 Å². The van der Waals surface area contributed by atoms with Gasteiger partial charge in [-0.15, -0.1) is 65.0 Å². The second kappa shape index (κ2) is 26.2. The Bertz CT molecular complexity index is 5120. The van der Waals surface area contributed by atoms with E-state index in [4.69, 9.17) is 9.72 Å². The minimum absolute atomic E-state index is 0. The van der Waals surface area contributed by atoms with Crippen molar-refractivity contribution in [2.24, 2.45) is 0 Å². The topological polar surface area (TPSA) is 33.5 Å². The second-order valence-electron chi connectivity index (χ2n) is 31.8. The fourth-order valence-electron chi connectivity index (χ4n) is 15.1. The maximum absolute atomic E-state index is 7.48. The summed E-state index contributed by atoms with van der Waals surface area (Å²) in [6.45, 7) is 46.1. The number of benzene rings is 10. The zero-order valence-electron chi connectivity index (χ0n) is 61.2. The molecule has 4 heterocycles. The van der Waals surface area contributed by atoms with Crippen molar-refractivity contribution in [3.63, 3.8) is 0 Å². The molecule has 14 rings (SSSR count). The predicted octanol–water partition coefficient (Wildman–Crippen LogP) is 27.0. The third kappa shape index (κ3) is 12.6. The molecule has 0 saturated carbocycles. The van der Waals surface area contributed by atoms with Crippen LogP contribution in [0.3, 0.4) is 0 Å². The average Bonchev–Trinajstić information content (AvgIpc) is 1.59. The molecule has 10 aromatic carbocycles. The van der Waals surface area contributed by atoms with Crippen molar-refractivity contribution < 1.29 is 25.8 Å². The minimum atomic E-state index is -0.100. The first kappa shape index (κ1) is 69.0. The number of pyridine rings is 1. The summed E-state index contributed by atoms with van der Waals surface area (Å²) < 4.78 is 12.3. The summed E-state index contributed by atoms with van der Waals surface area (Å²) in [6, 6.07) is 76.7. The Labute approximate surface area is 607 Å². The number of nitrogens with zero attached hydrogens (tertiary/aromatic N) is 4. The smallest absolute Gasteiger partial charge is 0.135 e. The summed E-state index contributed by atoms with van der Waals surface area (Å²) in [5.74, 6) is 3.09. The van der Waals surface area contributed by atoms with Gasteiger partial charge in [-0.1, -0.05) is 245 Å². The van der Waals surface area contributed by atoms with Gasteiger partial charge in [0, 0.05) is 92.6 Å². The molecule has 506 valence electrons. The van der Waals surface area contributed by atoms with Gasteiger partial charge in [0.1, 0.15) is 5.82 Å². The van der Waals surface area contributed by atoms with Crippen molar-refractivity contribution in [3.05, 3.63) is 257 Å². The number of hydrogen-bond acceptors (Lipinski definition) is 5. The van der Waals surface area contributed by atoms with E-state index in [0.29, 0.717) is 23.3 Å². The monoisotopic (exact) mass is 1500 g/mol. The first-order valence-electron chi connectivity index (χ1n) is 35.4. The molecule has 0 fully saturated rings. The van der Waals surface area contributed by atoms with Crippen LogP contribution in [0.15, 0.2) is 188 Å². The predicted molar refractivity (Wildman–Crippen MR) is 421 cm³/mol. The Hall–Kier alpha value is -8.54. The summed E-state index contributed by atoms with van der Waals surface area (Å²) in [6.07, 6.45) is 1.95. The average molecular weight is 1500 g/mol. The maximum Gasteiger partial charge on any atom is 0.135 e. The van der Waals surface area contributed by atoms with Gasteiger partial charge >= 0.3 is 0 Å². The molecule has 0 N–H and O–H groups in total. The third-order valence-electron chi connectivity index (χ3n) is 20.4. The van der Waals surface area contributed by atoms with E-state index in [1.807, 2.05) is 17.5 Å². The van der Waals surface area contributed by atoms with Crippen LogP contribution in [0, 0.1) is 32.6 Å². The number of hydrogen-bond donors (Lipinski definition) is 0. The van der Waals surface area contributed by atoms with Crippen LogP contribution in [-0.4, -0.2) is 9.55 Å². The number of aromatic nitrogens is 2. The number of aryl methyl sites for hydroxylation is 2. The summed E-state index contributed by atoms with van der Waals surface area (Å²) in [7, 11) is 0. The van der Waals surface area contributed by atoms with Crippen molar-refractivity contribution >= 4 is 76.1 Å². The third-order valence-corrected chi connectivity index (χ3v) is 21.6. The zero-order chi connectivity index (χ0) is 69.2. The SMILES string of the molecule is Cc1cc(C)c(-c2ccc(C(C)(C)C)cc2)c(N2[CH-]N(c3[c-]c(Oc4[c-]c5c(cc4)c4c6sc7ccccc7c6ccc4n5-c4cc(C(C)(C)C)ccn4)cc(-c4c(C(C)C)cccc4C(C)C)c3)c3cc(-c4c(C(C)C)cccc4C(C)C)ccc32)c1-c1ccc(C(C)(C)C)cc1.[Pt]. The van der Waals surface area contributed by atoms with Crippen LogP contribution in [0.2, 0.25) is 0 Å². The van der Waals surface area contributed by atoms with Crippen LogP contribution in [0.1, 0.15) is 191 Å². The molecule has 99 heavy (non-hydrogen) atoms. The van der Waals surface area contributed by atoms with Gasteiger partial charge in [0.25, 0.3) is 0 Å². The fraction of sp³-hybridized carbons (Fsp3) is 0.283. The standard InChI is InChI=1S/C92H93N4OS.Pt/c1-54(2)70-25-22-26-71(55(3)4)85(70)62-34-42-77-80(49-62)94(53-95(77)88-83(60-30-35-64(36-31-60)90(11,12)13)58(9)46-59(10)84(88)61-32-37-65(38-33-61)91(14,15)16)67-47-63(86-72(56(5)6)27-23-28-73(86)57(7)8)48-69(51-67)97-68-39-40-76-79(52-68)96(82-50-66(44-45-93-82)92(17,18)19)78-43-41-75-74-24-20-21-29-81(74)98-89(75)87(76)78;/h20-50,53-57H,1-19H3;/q-3;. The molecule has 0 saturated heterocycles. The molecule has 3 aromatic heterocycles. The van der Waals surface area contributed by atoms with Crippen LogP contribution in [0.25, 0.3) is 92.3 Å². The van der Waals surface area contributed by atoms with Crippen LogP contribution in [-0.2, 0) is 37.3 Å². The van der Waals surface area contributed by atoms with Gasteiger partial charge in [-0.05, 0) is 173 Å². The van der Waals surface area contributed by atoms with Gasteiger partial charge in [0.05, 0.1) is 0 Å². The quantitative estimate of drug-likeness (QED) is 0.108. The number of fused-ring (bicyclic) bond motifs is 8. The maximum atomic E-state index is 7.48. The molecule has 0 radical (unpaired) electrons. The first-order valence-corrected chi connectivity index (χ1v) is 36.2. The molecule has 0 spiro atoms. The largest absolute Gasteiger partial charge is 0.509 e. The van der Waals surface area contributed by atoms with Crippen LogP contribution in [0.5, 0.6) is 11.5 Å². The Morgan fingerprint density at radius 1 is 0.444 bits per heavy atom. The van der Waals surface area contributed by atoms with Gasteiger partial charge in [-0.25, -0.2) is 4.98 Å². The van der Waals surface area contributed by atoms with E-state index in [2.05, 4.69) is 347 Å².